The van der Waals surface area contributed by atoms with Gasteiger partial charge in [-0.3, -0.25) is 0 Å². The van der Waals surface area contributed by atoms with Crippen molar-refractivity contribution in [1.29, 1.82) is 0 Å². The van der Waals surface area contributed by atoms with Crippen LogP contribution < -0.4 is 4.74 Å². The van der Waals surface area contributed by atoms with Crippen molar-refractivity contribution in [3.63, 3.8) is 0 Å². The van der Waals surface area contributed by atoms with E-state index in [1.165, 1.54) is 38.6 Å². The normalized spacial score (nSPS) is 13.9. The van der Waals surface area contributed by atoms with Crippen molar-refractivity contribution in [3.05, 3.63) is 65.2 Å². The minimum absolute atomic E-state index is 0.130. The van der Waals surface area contributed by atoms with Gasteiger partial charge in [-0.15, -0.1) is 0 Å². The molecule has 0 bridgehead atoms. The summed E-state index contributed by atoms with van der Waals surface area (Å²) in [5.41, 5.74) is 6.78. The predicted octanol–water partition coefficient (Wildman–Crippen LogP) is 6.99. The Morgan fingerprint density at radius 1 is 0.654 bits per heavy atom. The van der Waals surface area contributed by atoms with Gasteiger partial charge in [-0.05, 0) is 62.1 Å². The van der Waals surface area contributed by atoms with E-state index in [1.54, 1.807) is 0 Å². The molecule has 0 saturated heterocycles. The zero-order valence-electron chi connectivity index (χ0n) is 16.7. The van der Waals surface area contributed by atoms with Gasteiger partial charge in [0.25, 0.3) is 0 Å². The SMILES string of the molecule is CC(C)(C)c1ccc2c(c1)OCc1cc3cc(C(C)(C)C)ccc3cc1-2. The molecule has 26 heavy (non-hydrogen) atoms. The Hall–Kier alpha value is -2.28. The highest BCUT2D eigenvalue weighted by Gasteiger charge is 2.22. The molecule has 134 valence electrons. The molecule has 1 nitrogen and oxygen atoms in total. The van der Waals surface area contributed by atoms with E-state index in [2.05, 4.69) is 90.1 Å². The van der Waals surface area contributed by atoms with Gasteiger partial charge in [0.1, 0.15) is 12.4 Å². The first-order valence-electron chi connectivity index (χ1n) is 9.48. The summed E-state index contributed by atoms with van der Waals surface area (Å²) >= 11 is 0. The van der Waals surface area contributed by atoms with Crippen LogP contribution in [-0.4, -0.2) is 0 Å². The minimum Gasteiger partial charge on any atom is -0.488 e. The molecule has 0 atom stereocenters. The van der Waals surface area contributed by atoms with Crippen LogP contribution in [0.25, 0.3) is 21.9 Å². The first-order valence-corrected chi connectivity index (χ1v) is 9.48. The van der Waals surface area contributed by atoms with Gasteiger partial charge in [-0.25, -0.2) is 0 Å². The molecule has 0 radical (unpaired) electrons. The van der Waals surface area contributed by atoms with Crippen LogP contribution in [0.4, 0.5) is 0 Å². The molecule has 1 heterocycles. The molecular formula is C25H28O. The topological polar surface area (TPSA) is 9.23 Å². The molecule has 1 aliphatic heterocycles. The van der Waals surface area contributed by atoms with Gasteiger partial charge < -0.3 is 4.74 Å². The third kappa shape index (κ3) is 2.90. The Morgan fingerprint density at radius 3 is 2.00 bits per heavy atom. The Kier molecular flexibility index (Phi) is 3.70. The standard InChI is InChI=1S/C25H28O/c1-24(2,3)19-8-7-16-13-22-18(11-17(16)12-19)15-26-23-14-20(25(4,5)6)9-10-21(22)23/h7-14H,15H2,1-6H3. The lowest BCUT2D eigenvalue weighted by atomic mass is 9.83. The molecule has 0 N–H and O–H groups in total. The van der Waals surface area contributed by atoms with E-state index >= 15 is 0 Å². The molecule has 0 spiro atoms. The van der Waals surface area contributed by atoms with Crippen LogP contribution in [0.5, 0.6) is 5.75 Å². The van der Waals surface area contributed by atoms with Crippen molar-refractivity contribution in [2.45, 2.75) is 59.0 Å². The third-order valence-electron chi connectivity index (χ3n) is 5.45. The quantitative estimate of drug-likeness (QED) is 0.427. The fourth-order valence-electron chi connectivity index (χ4n) is 3.67. The van der Waals surface area contributed by atoms with E-state index < -0.39 is 0 Å². The molecule has 4 rings (SSSR count). The fourth-order valence-corrected chi connectivity index (χ4v) is 3.67. The van der Waals surface area contributed by atoms with Crippen molar-refractivity contribution in [1.82, 2.24) is 0 Å². The Labute approximate surface area is 157 Å². The van der Waals surface area contributed by atoms with Gasteiger partial charge in [0.2, 0.25) is 0 Å². The summed E-state index contributed by atoms with van der Waals surface area (Å²) in [4.78, 5) is 0. The van der Waals surface area contributed by atoms with Crippen molar-refractivity contribution in [2.24, 2.45) is 0 Å². The van der Waals surface area contributed by atoms with E-state index in [0.717, 1.165) is 5.75 Å². The van der Waals surface area contributed by atoms with E-state index in [4.69, 9.17) is 4.74 Å². The van der Waals surface area contributed by atoms with E-state index in [0.29, 0.717) is 6.61 Å². The zero-order valence-corrected chi connectivity index (χ0v) is 16.7. The molecule has 0 aromatic heterocycles. The average Bonchev–Trinajstić information content (AvgIpc) is 2.57. The van der Waals surface area contributed by atoms with E-state index in [-0.39, 0.29) is 10.8 Å². The van der Waals surface area contributed by atoms with Crippen LogP contribution in [0.1, 0.15) is 58.2 Å². The number of rotatable bonds is 0. The number of fused-ring (bicyclic) bond motifs is 4. The molecule has 0 aliphatic carbocycles. The van der Waals surface area contributed by atoms with Gasteiger partial charge in [-0.1, -0.05) is 71.9 Å². The molecular weight excluding hydrogens is 316 g/mol. The van der Waals surface area contributed by atoms with E-state index in [1.807, 2.05) is 0 Å². The summed E-state index contributed by atoms with van der Waals surface area (Å²) in [6.45, 7) is 14.2. The van der Waals surface area contributed by atoms with Crippen LogP contribution in [0.2, 0.25) is 0 Å². The molecule has 0 fully saturated rings. The van der Waals surface area contributed by atoms with Crippen LogP contribution in [0, 0.1) is 0 Å². The lowest BCUT2D eigenvalue weighted by molar-refractivity contribution is 0.301. The highest BCUT2D eigenvalue weighted by Crippen LogP contribution is 2.42. The Morgan fingerprint density at radius 2 is 1.31 bits per heavy atom. The summed E-state index contributed by atoms with van der Waals surface area (Å²) in [5.74, 6) is 1.01. The number of hydrogen-bond acceptors (Lipinski definition) is 1. The first kappa shape index (κ1) is 17.1. The second-order valence-electron chi connectivity index (χ2n) is 9.57. The number of hydrogen-bond donors (Lipinski definition) is 0. The summed E-state index contributed by atoms with van der Waals surface area (Å²) in [7, 11) is 0. The smallest absolute Gasteiger partial charge is 0.127 e. The molecule has 1 aliphatic rings. The van der Waals surface area contributed by atoms with Crippen molar-refractivity contribution in [3.8, 4) is 16.9 Å². The van der Waals surface area contributed by atoms with Crippen LogP contribution in [0.15, 0.2) is 48.5 Å². The Balaban J connectivity index is 1.85. The minimum atomic E-state index is 0.130. The molecule has 0 saturated carbocycles. The summed E-state index contributed by atoms with van der Waals surface area (Å²) in [6, 6.07) is 18.2. The fraction of sp³-hybridized carbons (Fsp3) is 0.360. The van der Waals surface area contributed by atoms with Gasteiger partial charge in [-0.2, -0.15) is 0 Å². The summed E-state index contributed by atoms with van der Waals surface area (Å²) < 4.78 is 6.13. The van der Waals surface area contributed by atoms with Crippen LogP contribution in [-0.2, 0) is 17.4 Å². The second kappa shape index (κ2) is 5.61. The monoisotopic (exact) mass is 344 g/mol. The highest BCUT2D eigenvalue weighted by atomic mass is 16.5. The number of ether oxygens (including phenoxy) is 1. The maximum Gasteiger partial charge on any atom is 0.127 e. The maximum atomic E-state index is 6.13. The molecule has 0 unspecified atom stereocenters. The predicted molar refractivity (Wildman–Crippen MR) is 111 cm³/mol. The van der Waals surface area contributed by atoms with Crippen molar-refractivity contribution < 1.29 is 4.74 Å². The molecule has 3 aromatic rings. The molecule has 3 aromatic carbocycles. The van der Waals surface area contributed by atoms with Gasteiger partial charge >= 0.3 is 0 Å². The maximum absolute atomic E-state index is 6.13. The van der Waals surface area contributed by atoms with Crippen LogP contribution in [0.3, 0.4) is 0 Å². The lowest BCUT2D eigenvalue weighted by Crippen LogP contribution is -2.13. The lowest BCUT2D eigenvalue weighted by Gasteiger charge is -2.26. The van der Waals surface area contributed by atoms with Crippen LogP contribution >= 0.6 is 0 Å². The van der Waals surface area contributed by atoms with Crippen molar-refractivity contribution >= 4 is 10.8 Å². The first-order chi connectivity index (χ1) is 12.1. The van der Waals surface area contributed by atoms with E-state index in [9.17, 15) is 0 Å². The summed E-state index contributed by atoms with van der Waals surface area (Å²) in [6.07, 6.45) is 0. The van der Waals surface area contributed by atoms with Gasteiger partial charge in [0.05, 0.1) is 0 Å². The largest absolute Gasteiger partial charge is 0.488 e. The highest BCUT2D eigenvalue weighted by molar-refractivity contribution is 5.91. The average molecular weight is 344 g/mol. The van der Waals surface area contributed by atoms with Gasteiger partial charge in [0, 0.05) is 5.56 Å². The van der Waals surface area contributed by atoms with Crippen molar-refractivity contribution in [2.75, 3.05) is 0 Å². The number of benzene rings is 3. The summed E-state index contributed by atoms with van der Waals surface area (Å²) in [5, 5.41) is 2.60. The Bertz CT molecular complexity index is 997. The van der Waals surface area contributed by atoms with Gasteiger partial charge in [0.15, 0.2) is 0 Å². The third-order valence-corrected chi connectivity index (χ3v) is 5.45. The molecule has 0 amide bonds. The molecule has 1 heteroatoms. The zero-order chi connectivity index (χ0) is 18.7. The second-order valence-corrected chi connectivity index (χ2v) is 9.57.